The smallest absolute Gasteiger partial charge is 0.108 e. The largest absolute Gasteiger partial charge is 0.376 e. The van der Waals surface area contributed by atoms with Crippen molar-refractivity contribution in [1.29, 1.82) is 0 Å². The van der Waals surface area contributed by atoms with Crippen molar-refractivity contribution >= 4 is 0 Å². The van der Waals surface area contributed by atoms with Crippen molar-refractivity contribution in [2.24, 2.45) is 5.73 Å². The van der Waals surface area contributed by atoms with Crippen molar-refractivity contribution < 1.29 is 9.47 Å². The highest BCUT2D eigenvalue weighted by molar-refractivity contribution is 5.17. The van der Waals surface area contributed by atoms with Crippen molar-refractivity contribution in [1.82, 2.24) is 0 Å². The van der Waals surface area contributed by atoms with Gasteiger partial charge in [0.2, 0.25) is 0 Å². The average molecular weight is 207 g/mol. The summed E-state index contributed by atoms with van der Waals surface area (Å²) in [4.78, 5) is 0. The van der Waals surface area contributed by atoms with E-state index in [9.17, 15) is 0 Å². The van der Waals surface area contributed by atoms with Crippen LogP contribution in [-0.4, -0.2) is 32.0 Å². The van der Waals surface area contributed by atoms with Crippen LogP contribution in [0.25, 0.3) is 0 Å². The number of nitrogens with two attached hydrogens (primary N) is 1. The highest BCUT2D eigenvalue weighted by Crippen LogP contribution is 2.20. The summed E-state index contributed by atoms with van der Waals surface area (Å²) in [6.45, 7) is 2.42. The lowest BCUT2D eigenvalue weighted by Crippen LogP contribution is -2.50. The van der Waals surface area contributed by atoms with Crippen LogP contribution >= 0.6 is 0 Å². The predicted molar refractivity (Wildman–Crippen MR) is 58.7 cm³/mol. The summed E-state index contributed by atoms with van der Waals surface area (Å²) in [6, 6.07) is 10.3. The molecule has 0 bridgehead atoms. The molecular formula is C12H17NO2. The maximum Gasteiger partial charge on any atom is 0.108 e. The molecule has 0 radical (unpaired) electrons. The molecule has 3 nitrogen and oxygen atoms in total. The van der Waals surface area contributed by atoms with E-state index < -0.39 is 0 Å². The van der Waals surface area contributed by atoms with Gasteiger partial charge >= 0.3 is 0 Å². The van der Waals surface area contributed by atoms with Gasteiger partial charge in [0.05, 0.1) is 19.8 Å². The van der Waals surface area contributed by atoms with Crippen molar-refractivity contribution in [3.05, 3.63) is 35.9 Å². The minimum absolute atomic E-state index is 0.320. The SMILES string of the molecule is NCC1(Cc2ccccc2)COCCO1. The first-order valence-corrected chi connectivity index (χ1v) is 5.30. The lowest BCUT2D eigenvalue weighted by atomic mass is 9.94. The van der Waals surface area contributed by atoms with E-state index in [1.54, 1.807) is 0 Å². The van der Waals surface area contributed by atoms with E-state index in [0.717, 1.165) is 6.42 Å². The summed E-state index contributed by atoms with van der Waals surface area (Å²) in [5.41, 5.74) is 6.71. The summed E-state index contributed by atoms with van der Waals surface area (Å²) in [5.74, 6) is 0. The fraction of sp³-hybridized carbons (Fsp3) is 0.500. The Balaban J connectivity index is 2.07. The molecule has 1 aromatic carbocycles. The molecule has 1 aliphatic heterocycles. The number of hydrogen-bond acceptors (Lipinski definition) is 3. The molecule has 2 rings (SSSR count). The van der Waals surface area contributed by atoms with E-state index in [1.807, 2.05) is 18.2 Å². The molecule has 1 saturated heterocycles. The first kappa shape index (κ1) is 10.6. The summed E-state index contributed by atoms with van der Waals surface area (Å²) in [6.07, 6.45) is 0.824. The fourth-order valence-electron chi connectivity index (χ4n) is 1.88. The third-order valence-electron chi connectivity index (χ3n) is 2.74. The van der Waals surface area contributed by atoms with E-state index in [1.165, 1.54) is 5.56 Å². The van der Waals surface area contributed by atoms with Gasteiger partial charge in [0.1, 0.15) is 5.60 Å². The Morgan fingerprint density at radius 1 is 1.20 bits per heavy atom. The Bertz CT molecular complexity index is 294. The number of rotatable bonds is 3. The quantitative estimate of drug-likeness (QED) is 0.803. The summed E-state index contributed by atoms with van der Waals surface area (Å²) < 4.78 is 11.2. The first-order valence-electron chi connectivity index (χ1n) is 5.30. The van der Waals surface area contributed by atoms with Crippen LogP contribution in [0, 0.1) is 0 Å². The second-order valence-electron chi connectivity index (χ2n) is 3.95. The second-order valence-corrected chi connectivity index (χ2v) is 3.95. The van der Waals surface area contributed by atoms with Gasteiger partial charge in [-0.05, 0) is 5.56 Å². The van der Waals surface area contributed by atoms with Crippen LogP contribution in [0.5, 0.6) is 0 Å². The fourth-order valence-corrected chi connectivity index (χ4v) is 1.88. The Hall–Kier alpha value is -0.900. The molecule has 1 aliphatic rings. The summed E-state index contributed by atoms with van der Waals surface area (Å²) in [5, 5.41) is 0. The molecule has 0 aliphatic carbocycles. The molecule has 15 heavy (non-hydrogen) atoms. The van der Waals surface area contributed by atoms with Crippen molar-refractivity contribution in [2.75, 3.05) is 26.4 Å². The third-order valence-corrected chi connectivity index (χ3v) is 2.74. The Labute approximate surface area is 90.2 Å². The van der Waals surface area contributed by atoms with Crippen LogP contribution in [0.1, 0.15) is 5.56 Å². The molecular weight excluding hydrogens is 190 g/mol. The molecule has 3 heteroatoms. The lowest BCUT2D eigenvalue weighted by Gasteiger charge is -2.36. The van der Waals surface area contributed by atoms with Gasteiger partial charge < -0.3 is 15.2 Å². The van der Waals surface area contributed by atoms with Crippen LogP contribution < -0.4 is 5.73 Å². The second kappa shape index (κ2) is 4.75. The van der Waals surface area contributed by atoms with Crippen molar-refractivity contribution in [3.63, 3.8) is 0 Å². The van der Waals surface area contributed by atoms with Gasteiger partial charge in [-0.1, -0.05) is 30.3 Å². The molecule has 1 unspecified atom stereocenters. The topological polar surface area (TPSA) is 44.5 Å². The van der Waals surface area contributed by atoms with Crippen LogP contribution in [0.4, 0.5) is 0 Å². The van der Waals surface area contributed by atoms with Gasteiger partial charge in [0.25, 0.3) is 0 Å². The zero-order valence-corrected chi connectivity index (χ0v) is 8.82. The van der Waals surface area contributed by atoms with Crippen LogP contribution in [0.2, 0.25) is 0 Å². The first-order chi connectivity index (χ1) is 7.35. The average Bonchev–Trinajstić information content (AvgIpc) is 2.32. The van der Waals surface area contributed by atoms with Gasteiger partial charge in [0, 0.05) is 13.0 Å². The molecule has 1 heterocycles. The standard InChI is InChI=1S/C12H17NO2/c13-9-12(10-14-6-7-15-12)8-11-4-2-1-3-5-11/h1-5H,6-10,13H2. The highest BCUT2D eigenvalue weighted by Gasteiger charge is 2.32. The predicted octanol–water partition coefficient (Wildman–Crippen LogP) is 0.973. The Kier molecular flexibility index (Phi) is 3.36. The van der Waals surface area contributed by atoms with Gasteiger partial charge in [-0.25, -0.2) is 0 Å². The molecule has 82 valence electrons. The van der Waals surface area contributed by atoms with E-state index in [2.05, 4.69) is 12.1 Å². The van der Waals surface area contributed by atoms with Crippen molar-refractivity contribution in [3.8, 4) is 0 Å². The van der Waals surface area contributed by atoms with E-state index in [-0.39, 0.29) is 5.60 Å². The van der Waals surface area contributed by atoms with Crippen LogP contribution in [-0.2, 0) is 15.9 Å². The van der Waals surface area contributed by atoms with Gasteiger partial charge in [-0.3, -0.25) is 0 Å². The monoisotopic (exact) mass is 207 g/mol. The van der Waals surface area contributed by atoms with Gasteiger partial charge in [-0.2, -0.15) is 0 Å². The molecule has 1 aromatic rings. The number of hydrogen-bond donors (Lipinski definition) is 1. The van der Waals surface area contributed by atoms with E-state index in [0.29, 0.717) is 26.4 Å². The maximum atomic E-state index is 5.78. The molecule has 0 saturated carbocycles. The molecule has 0 aromatic heterocycles. The summed E-state index contributed by atoms with van der Waals surface area (Å²) >= 11 is 0. The van der Waals surface area contributed by atoms with E-state index >= 15 is 0 Å². The number of ether oxygens (including phenoxy) is 2. The van der Waals surface area contributed by atoms with E-state index in [4.69, 9.17) is 15.2 Å². The third kappa shape index (κ3) is 2.56. The van der Waals surface area contributed by atoms with Crippen LogP contribution in [0.3, 0.4) is 0 Å². The zero-order valence-electron chi connectivity index (χ0n) is 8.82. The van der Waals surface area contributed by atoms with Gasteiger partial charge in [-0.15, -0.1) is 0 Å². The highest BCUT2D eigenvalue weighted by atomic mass is 16.6. The summed E-state index contributed by atoms with van der Waals surface area (Å²) in [7, 11) is 0. The Morgan fingerprint density at radius 2 is 2.00 bits per heavy atom. The van der Waals surface area contributed by atoms with Gasteiger partial charge in [0.15, 0.2) is 0 Å². The maximum absolute atomic E-state index is 5.78. The minimum Gasteiger partial charge on any atom is -0.376 e. The molecule has 0 spiro atoms. The molecule has 1 fully saturated rings. The Morgan fingerprint density at radius 3 is 2.60 bits per heavy atom. The molecule has 2 N–H and O–H groups in total. The lowest BCUT2D eigenvalue weighted by molar-refractivity contribution is -0.151. The molecule has 0 amide bonds. The number of benzene rings is 1. The van der Waals surface area contributed by atoms with Crippen LogP contribution in [0.15, 0.2) is 30.3 Å². The zero-order chi connectivity index (χ0) is 10.6. The minimum atomic E-state index is -0.320. The molecule has 1 atom stereocenters. The van der Waals surface area contributed by atoms with Crippen molar-refractivity contribution in [2.45, 2.75) is 12.0 Å². The normalized spacial score (nSPS) is 26.5.